The average molecular weight is 343 g/mol. The quantitative estimate of drug-likeness (QED) is 0.768. The van der Waals surface area contributed by atoms with Crippen LogP contribution in [0.15, 0.2) is 65.6 Å². The minimum absolute atomic E-state index is 0.186. The van der Waals surface area contributed by atoms with Crippen molar-refractivity contribution < 1.29 is 17.9 Å². The zero-order valence-corrected chi connectivity index (χ0v) is 14.1. The molecule has 6 heteroatoms. The molecule has 3 aromatic carbocycles. The highest BCUT2D eigenvalue weighted by molar-refractivity contribution is 7.92. The van der Waals surface area contributed by atoms with Crippen LogP contribution in [0, 0.1) is 0 Å². The fourth-order valence-electron chi connectivity index (χ4n) is 2.43. The van der Waals surface area contributed by atoms with Crippen molar-refractivity contribution in [3.8, 4) is 11.5 Å². The average Bonchev–Trinajstić information content (AvgIpc) is 2.60. The maximum Gasteiger partial charge on any atom is 0.262 e. The summed E-state index contributed by atoms with van der Waals surface area (Å²) in [7, 11) is -0.749. The lowest BCUT2D eigenvalue weighted by Crippen LogP contribution is -2.13. The van der Waals surface area contributed by atoms with Gasteiger partial charge in [0.15, 0.2) is 0 Å². The standard InChI is InChI=1S/C18H17NO4S/c1-22-15-8-10-18(23-2)17(12-15)19-24(20,21)16-9-7-13-5-3-4-6-14(13)11-16/h3-12,19H,1-2H3. The molecular weight excluding hydrogens is 326 g/mol. The van der Waals surface area contributed by atoms with Crippen molar-refractivity contribution in [2.75, 3.05) is 18.9 Å². The summed E-state index contributed by atoms with van der Waals surface area (Å²) in [4.78, 5) is 0.186. The van der Waals surface area contributed by atoms with Crippen molar-refractivity contribution in [1.29, 1.82) is 0 Å². The number of ether oxygens (including phenoxy) is 2. The molecule has 0 radical (unpaired) electrons. The van der Waals surface area contributed by atoms with Crippen LogP contribution < -0.4 is 14.2 Å². The van der Waals surface area contributed by atoms with Crippen LogP contribution in [-0.2, 0) is 10.0 Å². The second-order valence-corrected chi connectivity index (χ2v) is 6.86. The maximum atomic E-state index is 12.7. The summed E-state index contributed by atoms with van der Waals surface area (Å²) in [5.74, 6) is 0.951. The number of fused-ring (bicyclic) bond motifs is 1. The van der Waals surface area contributed by atoms with Crippen LogP contribution in [0.25, 0.3) is 10.8 Å². The zero-order valence-electron chi connectivity index (χ0n) is 13.3. The summed E-state index contributed by atoms with van der Waals surface area (Å²) in [6.45, 7) is 0. The number of anilines is 1. The molecule has 24 heavy (non-hydrogen) atoms. The Morgan fingerprint density at radius 3 is 2.29 bits per heavy atom. The van der Waals surface area contributed by atoms with Gasteiger partial charge in [0.05, 0.1) is 24.8 Å². The van der Waals surface area contributed by atoms with Crippen LogP contribution >= 0.6 is 0 Å². The van der Waals surface area contributed by atoms with Gasteiger partial charge in [0, 0.05) is 6.07 Å². The molecular formula is C18H17NO4S. The summed E-state index contributed by atoms with van der Waals surface area (Å²) in [6, 6.07) is 17.5. The van der Waals surface area contributed by atoms with Gasteiger partial charge in [-0.25, -0.2) is 8.42 Å². The molecule has 0 unspecified atom stereocenters. The highest BCUT2D eigenvalue weighted by Crippen LogP contribution is 2.31. The largest absolute Gasteiger partial charge is 0.497 e. The Morgan fingerprint density at radius 2 is 1.58 bits per heavy atom. The molecule has 0 aromatic heterocycles. The van der Waals surface area contributed by atoms with Crippen LogP contribution in [0.1, 0.15) is 0 Å². The second kappa shape index (κ2) is 6.41. The van der Waals surface area contributed by atoms with Gasteiger partial charge in [-0.1, -0.05) is 30.3 Å². The maximum absolute atomic E-state index is 12.7. The number of nitrogens with one attached hydrogen (secondary N) is 1. The monoisotopic (exact) mass is 343 g/mol. The first-order valence-electron chi connectivity index (χ1n) is 7.27. The molecule has 0 bridgehead atoms. The number of hydrogen-bond donors (Lipinski definition) is 1. The van der Waals surface area contributed by atoms with E-state index in [4.69, 9.17) is 9.47 Å². The van der Waals surface area contributed by atoms with Crippen LogP contribution in [0.5, 0.6) is 11.5 Å². The van der Waals surface area contributed by atoms with Gasteiger partial charge in [0.2, 0.25) is 0 Å². The van der Waals surface area contributed by atoms with E-state index in [-0.39, 0.29) is 4.90 Å². The lowest BCUT2D eigenvalue weighted by molar-refractivity contribution is 0.405. The molecule has 0 atom stereocenters. The zero-order chi connectivity index (χ0) is 17.2. The van der Waals surface area contributed by atoms with Crippen molar-refractivity contribution in [3.05, 3.63) is 60.7 Å². The minimum Gasteiger partial charge on any atom is -0.497 e. The highest BCUT2D eigenvalue weighted by atomic mass is 32.2. The van der Waals surface area contributed by atoms with Gasteiger partial charge in [-0.2, -0.15) is 0 Å². The minimum atomic E-state index is -3.75. The Labute approximate surface area is 140 Å². The molecule has 1 N–H and O–H groups in total. The van der Waals surface area contributed by atoms with E-state index in [0.717, 1.165) is 10.8 Å². The summed E-state index contributed by atoms with van der Waals surface area (Å²) in [5, 5.41) is 1.84. The normalized spacial score (nSPS) is 11.2. The molecule has 0 fully saturated rings. The molecule has 0 spiro atoms. The number of rotatable bonds is 5. The van der Waals surface area contributed by atoms with Gasteiger partial charge in [-0.05, 0) is 35.0 Å². The summed E-state index contributed by atoms with van der Waals surface area (Å²) in [5.41, 5.74) is 0.324. The van der Waals surface area contributed by atoms with Crippen LogP contribution in [0.3, 0.4) is 0 Å². The van der Waals surface area contributed by atoms with E-state index < -0.39 is 10.0 Å². The predicted molar refractivity (Wildman–Crippen MR) is 94.3 cm³/mol. The Hall–Kier alpha value is -2.73. The number of methoxy groups -OCH3 is 2. The summed E-state index contributed by atoms with van der Waals surface area (Å²) in [6.07, 6.45) is 0. The molecule has 0 heterocycles. The van der Waals surface area contributed by atoms with Gasteiger partial charge in [-0.3, -0.25) is 4.72 Å². The van der Waals surface area contributed by atoms with Gasteiger partial charge in [-0.15, -0.1) is 0 Å². The SMILES string of the molecule is COc1ccc(OC)c(NS(=O)(=O)c2ccc3ccccc3c2)c1. The van der Waals surface area contributed by atoms with E-state index in [1.54, 1.807) is 36.4 Å². The molecule has 0 aliphatic heterocycles. The van der Waals surface area contributed by atoms with Crippen LogP contribution in [0.2, 0.25) is 0 Å². The third kappa shape index (κ3) is 3.14. The van der Waals surface area contributed by atoms with E-state index in [1.807, 2.05) is 24.3 Å². The third-order valence-electron chi connectivity index (χ3n) is 3.68. The number of hydrogen-bond acceptors (Lipinski definition) is 4. The first kappa shape index (κ1) is 16.1. The van der Waals surface area contributed by atoms with E-state index >= 15 is 0 Å². The van der Waals surface area contributed by atoms with Crippen molar-refractivity contribution in [3.63, 3.8) is 0 Å². The van der Waals surface area contributed by atoms with E-state index in [2.05, 4.69) is 4.72 Å². The van der Waals surface area contributed by atoms with Gasteiger partial charge in [0.25, 0.3) is 10.0 Å². The summed E-state index contributed by atoms with van der Waals surface area (Å²) >= 11 is 0. The molecule has 0 aliphatic rings. The predicted octanol–water partition coefficient (Wildman–Crippen LogP) is 3.66. The highest BCUT2D eigenvalue weighted by Gasteiger charge is 2.17. The fourth-order valence-corrected chi connectivity index (χ4v) is 3.53. The third-order valence-corrected chi connectivity index (χ3v) is 5.05. The molecule has 3 aromatic rings. The lowest BCUT2D eigenvalue weighted by atomic mass is 10.1. The molecule has 124 valence electrons. The Bertz CT molecular complexity index is 983. The molecule has 0 aliphatic carbocycles. The summed E-state index contributed by atoms with van der Waals surface area (Å²) < 4.78 is 38.3. The van der Waals surface area contributed by atoms with Crippen LogP contribution in [0.4, 0.5) is 5.69 Å². The Balaban J connectivity index is 2.01. The van der Waals surface area contributed by atoms with Crippen molar-refractivity contribution >= 4 is 26.5 Å². The van der Waals surface area contributed by atoms with Gasteiger partial charge >= 0.3 is 0 Å². The van der Waals surface area contributed by atoms with Crippen molar-refractivity contribution in [2.24, 2.45) is 0 Å². The smallest absolute Gasteiger partial charge is 0.262 e. The molecule has 0 saturated heterocycles. The number of benzene rings is 3. The molecule has 0 amide bonds. The van der Waals surface area contributed by atoms with Crippen molar-refractivity contribution in [2.45, 2.75) is 4.90 Å². The topological polar surface area (TPSA) is 64.6 Å². The molecule has 3 rings (SSSR count). The lowest BCUT2D eigenvalue weighted by Gasteiger charge is -2.13. The van der Waals surface area contributed by atoms with E-state index in [1.165, 1.54) is 14.2 Å². The Kier molecular flexibility index (Phi) is 4.31. The van der Waals surface area contributed by atoms with Crippen molar-refractivity contribution in [1.82, 2.24) is 0 Å². The van der Waals surface area contributed by atoms with E-state index in [0.29, 0.717) is 17.2 Å². The van der Waals surface area contributed by atoms with Gasteiger partial charge < -0.3 is 9.47 Å². The first-order chi connectivity index (χ1) is 11.5. The van der Waals surface area contributed by atoms with E-state index in [9.17, 15) is 8.42 Å². The van der Waals surface area contributed by atoms with Crippen LogP contribution in [-0.4, -0.2) is 22.6 Å². The number of sulfonamides is 1. The first-order valence-corrected chi connectivity index (χ1v) is 8.75. The Morgan fingerprint density at radius 1 is 0.833 bits per heavy atom. The van der Waals surface area contributed by atoms with Gasteiger partial charge in [0.1, 0.15) is 11.5 Å². The molecule has 5 nitrogen and oxygen atoms in total. The fraction of sp³-hybridized carbons (Fsp3) is 0.111. The molecule has 0 saturated carbocycles. The second-order valence-electron chi connectivity index (χ2n) is 5.18.